The summed E-state index contributed by atoms with van der Waals surface area (Å²) in [6.45, 7) is 0. The molecule has 32 heavy (non-hydrogen) atoms. The van der Waals surface area contributed by atoms with Gasteiger partial charge in [0.25, 0.3) is 0 Å². The summed E-state index contributed by atoms with van der Waals surface area (Å²) in [4.78, 5) is 24.8. The lowest BCUT2D eigenvalue weighted by atomic mass is 9.90. The molecule has 1 fully saturated rings. The monoisotopic (exact) mass is 446 g/mol. The number of carboxylic acids is 1. The van der Waals surface area contributed by atoms with Crippen LogP contribution in [0.2, 0.25) is 0 Å². The summed E-state index contributed by atoms with van der Waals surface area (Å²) in [6, 6.07) is 5.61. The highest BCUT2D eigenvalue weighted by molar-refractivity contribution is 6.02. The Balaban J connectivity index is 2.11. The van der Waals surface area contributed by atoms with Crippen molar-refractivity contribution >= 4 is 18.0 Å². The molecule has 0 radical (unpaired) electrons. The first kappa shape index (κ1) is 22.6. The molecule has 2 aromatic carbocycles. The van der Waals surface area contributed by atoms with Gasteiger partial charge in [0.1, 0.15) is 12.0 Å². The fraction of sp³-hybridized carbons (Fsp3) is 0.273. The second kappa shape index (κ2) is 8.96. The highest BCUT2D eigenvalue weighted by atomic mass is 16.6. The number of phenolic OH excluding ortho intramolecular Hbond substituents is 2. The van der Waals surface area contributed by atoms with Gasteiger partial charge in [0.2, 0.25) is 11.5 Å². The van der Waals surface area contributed by atoms with Crippen molar-refractivity contribution in [1.29, 1.82) is 0 Å². The first-order valence-electron chi connectivity index (χ1n) is 9.30. The van der Waals surface area contributed by atoms with Crippen LogP contribution in [0.15, 0.2) is 29.8 Å². The van der Waals surface area contributed by atoms with Crippen molar-refractivity contribution in [2.45, 2.75) is 6.10 Å². The van der Waals surface area contributed by atoms with E-state index in [0.717, 1.165) is 0 Å². The fourth-order valence-electron chi connectivity index (χ4n) is 3.47. The highest BCUT2D eigenvalue weighted by Gasteiger charge is 2.46. The Hall–Kier alpha value is -4.08. The Bertz CT molecular complexity index is 1040. The first-order chi connectivity index (χ1) is 15.2. The van der Waals surface area contributed by atoms with E-state index in [4.69, 9.17) is 23.7 Å². The van der Waals surface area contributed by atoms with E-state index >= 15 is 0 Å². The van der Waals surface area contributed by atoms with E-state index in [0.29, 0.717) is 5.56 Å². The summed E-state index contributed by atoms with van der Waals surface area (Å²) in [5, 5.41) is 30.1. The summed E-state index contributed by atoms with van der Waals surface area (Å²) in [6.07, 6.45) is 0.135. The van der Waals surface area contributed by atoms with Crippen LogP contribution in [0.3, 0.4) is 0 Å². The largest absolute Gasteiger partial charge is 0.502 e. The maximum Gasteiger partial charge on any atom is 0.335 e. The van der Waals surface area contributed by atoms with E-state index in [1.165, 1.54) is 58.8 Å². The molecule has 0 aliphatic carbocycles. The fourth-order valence-corrected chi connectivity index (χ4v) is 3.47. The van der Waals surface area contributed by atoms with E-state index in [2.05, 4.69) is 0 Å². The standard InChI is InChI=1S/C22H22O10/c1-28-13-6-10(7-14(29-2)18(13)23)5-12-17(21(25)26)20(32-22(12)27)11-8-15(30-3)19(24)16(9-11)31-4/h5-9,17,20,23-24H,1-4H3,(H,25,26)/b12-5+/t17-,20-/m1/s1. The molecule has 10 nitrogen and oxygen atoms in total. The van der Waals surface area contributed by atoms with E-state index in [1.54, 1.807) is 0 Å². The number of cyclic esters (lactones) is 1. The number of aromatic hydroxyl groups is 2. The minimum absolute atomic E-state index is 0.0324. The number of carboxylic acid groups (broad SMARTS) is 1. The Morgan fingerprint density at radius 1 is 0.875 bits per heavy atom. The summed E-state index contributed by atoms with van der Waals surface area (Å²) < 4.78 is 25.8. The predicted molar refractivity (Wildman–Crippen MR) is 110 cm³/mol. The lowest BCUT2D eigenvalue weighted by Gasteiger charge is -2.17. The van der Waals surface area contributed by atoms with Crippen LogP contribution in [0.25, 0.3) is 6.08 Å². The number of benzene rings is 2. The van der Waals surface area contributed by atoms with Gasteiger partial charge in [0.15, 0.2) is 23.0 Å². The van der Waals surface area contributed by atoms with Gasteiger partial charge in [-0.05, 0) is 35.9 Å². The van der Waals surface area contributed by atoms with Gasteiger partial charge in [-0.15, -0.1) is 0 Å². The van der Waals surface area contributed by atoms with Crippen LogP contribution in [0.4, 0.5) is 0 Å². The van der Waals surface area contributed by atoms with Crippen molar-refractivity contribution in [3.8, 4) is 34.5 Å². The van der Waals surface area contributed by atoms with Crippen LogP contribution in [-0.2, 0) is 14.3 Å². The summed E-state index contributed by atoms with van der Waals surface area (Å²) in [5.41, 5.74) is 0.501. The smallest absolute Gasteiger partial charge is 0.335 e. The van der Waals surface area contributed by atoms with Crippen molar-refractivity contribution in [3.63, 3.8) is 0 Å². The molecule has 170 valence electrons. The maximum atomic E-state index is 12.7. The molecule has 3 N–H and O–H groups in total. The van der Waals surface area contributed by atoms with E-state index in [-0.39, 0.29) is 45.6 Å². The van der Waals surface area contributed by atoms with Gasteiger partial charge in [-0.1, -0.05) is 0 Å². The molecule has 1 aliphatic heterocycles. The van der Waals surface area contributed by atoms with Crippen molar-refractivity contribution in [2.24, 2.45) is 5.92 Å². The number of carbonyl (C=O) groups is 2. The summed E-state index contributed by atoms with van der Waals surface area (Å²) >= 11 is 0. The SMILES string of the molecule is COc1cc(/C=C2/C(=O)O[C@H](c3cc(OC)c(O)c(OC)c3)[C@@H]2C(=O)O)cc(OC)c1O. The molecule has 1 heterocycles. The zero-order valence-corrected chi connectivity index (χ0v) is 17.7. The van der Waals surface area contributed by atoms with Crippen LogP contribution in [0.5, 0.6) is 34.5 Å². The summed E-state index contributed by atoms with van der Waals surface area (Å²) in [5.74, 6) is -3.77. The molecule has 0 saturated carbocycles. The van der Waals surface area contributed by atoms with E-state index < -0.39 is 24.0 Å². The van der Waals surface area contributed by atoms with Crippen LogP contribution >= 0.6 is 0 Å². The Morgan fingerprint density at radius 3 is 1.72 bits per heavy atom. The number of ether oxygens (including phenoxy) is 5. The highest BCUT2D eigenvalue weighted by Crippen LogP contribution is 2.46. The van der Waals surface area contributed by atoms with Gasteiger partial charge >= 0.3 is 11.9 Å². The normalized spacial score (nSPS) is 18.9. The first-order valence-corrected chi connectivity index (χ1v) is 9.30. The maximum absolute atomic E-state index is 12.7. The lowest BCUT2D eigenvalue weighted by molar-refractivity contribution is -0.144. The molecule has 2 atom stereocenters. The second-order valence-corrected chi connectivity index (χ2v) is 6.79. The van der Waals surface area contributed by atoms with Crippen molar-refractivity contribution in [2.75, 3.05) is 28.4 Å². The number of carbonyl (C=O) groups excluding carboxylic acids is 1. The van der Waals surface area contributed by atoms with Crippen molar-refractivity contribution in [3.05, 3.63) is 41.0 Å². The zero-order chi connectivity index (χ0) is 23.6. The van der Waals surface area contributed by atoms with Gasteiger partial charge in [0.05, 0.1) is 34.0 Å². The Labute approximate surface area is 183 Å². The number of phenols is 2. The lowest BCUT2D eigenvalue weighted by Crippen LogP contribution is -2.19. The van der Waals surface area contributed by atoms with Crippen LogP contribution in [-0.4, -0.2) is 55.7 Å². The van der Waals surface area contributed by atoms with Gasteiger partial charge < -0.3 is 39.0 Å². The second-order valence-electron chi connectivity index (χ2n) is 6.79. The van der Waals surface area contributed by atoms with Gasteiger partial charge in [-0.2, -0.15) is 0 Å². The quantitative estimate of drug-likeness (QED) is 0.429. The molecule has 10 heteroatoms. The molecule has 0 bridgehead atoms. The summed E-state index contributed by atoms with van der Waals surface area (Å²) in [7, 11) is 5.34. The number of hydrogen-bond donors (Lipinski definition) is 3. The van der Waals surface area contributed by atoms with Gasteiger partial charge in [0, 0.05) is 5.56 Å². The van der Waals surface area contributed by atoms with Crippen LogP contribution < -0.4 is 18.9 Å². The zero-order valence-electron chi connectivity index (χ0n) is 17.7. The molecule has 1 saturated heterocycles. The Morgan fingerprint density at radius 2 is 1.31 bits per heavy atom. The van der Waals surface area contributed by atoms with Crippen LogP contribution in [0, 0.1) is 5.92 Å². The van der Waals surface area contributed by atoms with Crippen molar-refractivity contribution < 1.29 is 48.6 Å². The molecular weight excluding hydrogens is 424 g/mol. The van der Waals surface area contributed by atoms with E-state index in [1.807, 2.05) is 0 Å². The molecule has 0 aromatic heterocycles. The predicted octanol–water partition coefficient (Wildman–Crippen LogP) is 2.51. The Kier molecular flexibility index (Phi) is 6.33. The minimum atomic E-state index is -1.37. The average molecular weight is 446 g/mol. The number of hydrogen-bond acceptors (Lipinski definition) is 9. The van der Waals surface area contributed by atoms with Crippen molar-refractivity contribution in [1.82, 2.24) is 0 Å². The number of aliphatic carboxylic acids is 1. The van der Waals surface area contributed by atoms with E-state index in [9.17, 15) is 24.9 Å². The topological polar surface area (TPSA) is 141 Å². The molecular formula is C22H22O10. The third kappa shape index (κ3) is 3.94. The molecule has 3 rings (SSSR count). The molecule has 0 spiro atoms. The van der Waals surface area contributed by atoms with Gasteiger partial charge in [-0.25, -0.2) is 4.79 Å². The van der Waals surface area contributed by atoms with Crippen LogP contribution in [0.1, 0.15) is 17.2 Å². The molecule has 0 amide bonds. The molecule has 0 unspecified atom stereocenters. The third-order valence-electron chi connectivity index (χ3n) is 5.03. The molecule has 1 aliphatic rings. The average Bonchev–Trinajstić information content (AvgIpc) is 3.11. The molecule has 2 aromatic rings. The number of esters is 1. The van der Waals surface area contributed by atoms with Gasteiger partial charge in [-0.3, -0.25) is 4.79 Å². The third-order valence-corrected chi connectivity index (χ3v) is 5.03. The minimum Gasteiger partial charge on any atom is -0.502 e. The number of methoxy groups -OCH3 is 4. The number of rotatable bonds is 7.